The summed E-state index contributed by atoms with van der Waals surface area (Å²) < 4.78 is 16.0. The first-order valence-electron chi connectivity index (χ1n) is 6.59. The number of aromatic nitrogens is 3. The summed E-state index contributed by atoms with van der Waals surface area (Å²) in [6, 6.07) is 5.47. The summed E-state index contributed by atoms with van der Waals surface area (Å²) in [6.07, 6.45) is 0. The fourth-order valence-electron chi connectivity index (χ4n) is 1.87. The maximum Gasteiger partial charge on any atom is 0.195 e. The van der Waals surface area contributed by atoms with E-state index in [0.717, 1.165) is 17.9 Å². The average molecular weight is 294 g/mol. The Labute approximate surface area is 122 Å². The molecule has 0 amide bonds. The van der Waals surface area contributed by atoms with Gasteiger partial charge in [-0.05, 0) is 49.9 Å². The van der Waals surface area contributed by atoms with E-state index in [0.29, 0.717) is 10.1 Å². The number of nitrogens with zero attached hydrogens (tertiary/aromatic N) is 3. The van der Waals surface area contributed by atoms with E-state index in [-0.39, 0.29) is 11.9 Å². The zero-order chi connectivity index (χ0) is 14.7. The van der Waals surface area contributed by atoms with Crippen molar-refractivity contribution in [2.45, 2.75) is 36.9 Å². The van der Waals surface area contributed by atoms with Crippen molar-refractivity contribution in [3.8, 4) is 0 Å². The maximum absolute atomic E-state index is 14.2. The van der Waals surface area contributed by atoms with Gasteiger partial charge < -0.3 is 9.88 Å². The Hall–Kier alpha value is -1.40. The molecule has 20 heavy (non-hydrogen) atoms. The third-order valence-electron chi connectivity index (χ3n) is 3.22. The van der Waals surface area contributed by atoms with E-state index < -0.39 is 0 Å². The Balaban J connectivity index is 2.20. The van der Waals surface area contributed by atoms with Crippen molar-refractivity contribution < 1.29 is 4.39 Å². The van der Waals surface area contributed by atoms with Gasteiger partial charge in [-0.3, -0.25) is 0 Å². The van der Waals surface area contributed by atoms with Gasteiger partial charge in [0.15, 0.2) is 5.16 Å². The van der Waals surface area contributed by atoms with Crippen molar-refractivity contribution in [2.75, 3.05) is 6.54 Å². The highest BCUT2D eigenvalue weighted by molar-refractivity contribution is 7.99. The van der Waals surface area contributed by atoms with E-state index in [1.807, 2.05) is 38.5 Å². The van der Waals surface area contributed by atoms with Crippen LogP contribution in [0.4, 0.5) is 4.39 Å². The van der Waals surface area contributed by atoms with E-state index in [1.54, 1.807) is 12.1 Å². The van der Waals surface area contributed by atoms with Crippen LogP contribution in [0.2, 0.25) is 0 Å². The molecule has 2 rings (SSSR count). The highest BCUT2D eigenvalue weighted by atomic mass is 32.2. The number of nitrogens with one attached hydrogen (secondary N) is 1. The minimum Gasteiger partial charge on any atom is -0.310 e. The Kier molecular flexibility index (Phi) is 4.77. The van der Waals surface area contributed by atoms with Crippen LogP contribution in [0.1, 0.15) is 31.3 Å². The molecule has 0 aliphatic rings. The van der Waals surface area contributed by atoms with Crippen molar-refractivity contribution in [2.24, 2.45) is 7.05 Å². The van der Waals surface area contributed by atoms with Gasteiger partial charge in [-0.1, -0.05) is 13.0 Å². The average Bonchev–Trinajstić information content (AvgIpc) is 2.73. The highest BCUT2D eigenvalue weighted by Gasteiger charge is 2.12. The van der Waals surface area contributed by atoms with Crippen LogP contribution in [0.15, 0.2) is 28.3 Å². The number of aryl methyl sites for hydroxylation is 1. The molecule has 108 valence electrons. The molecule has 1 N–H and O–H groups in total. The third-order valence-corrected chi connectivity index (χ3v) is 4.31. The first-order valence-corrected chi connectivity index (χ1v) is 7.41. The molecule has 0 aliphatic heterocycles. The van der Waals surface area contributed by atoms with Crippen molar-refractivity contribution in [1.82, 2.24) is 20.1 Å². The SMILES string of the molecule is CCNC(C)c1ccc(Sc2nnc(C)n2C)c(F)c1. The molecule has 4 nitrogen and oxygen atoms in total. The predicted octanol–water partition coefficient (Wildman–Crippen LogP) is 3.08. The predicted molar refractivity (Wildman–Crippen MR) is 78.4 cm³/mol. The summed E-state index contributed by atoms with van der Waals surface area (Å²) in [4.78, 5) is 0.563. The summed E-state index contributed by atoms with van der Waals surface area (Å²) in [7, 11) is 1.87. The van der Waals surface area contributed by atoms with Gasteiger partial charge in [-0.25, -0.2) is 4.39 Å². The smallest absolute Gasteiger partial charge is 0.195 e. The van der Waals surface area contributed by atoms with Gasteiger partial charge in [0.2, 0.25) is 0 Å². The van der Waals surface area contributed by atoms with Gasteiger partial charge in [0, 0.05) is 13.1 Å². The molecule has 0 saturated carbocycles. The van der Waals surface area contributed by atoms with Crippen molar-refractivity contribution in [1.29, 1.82) is 0 Å². The van der Waals surface area contributed by atoms with Crippen LogP contribution < -0.4 is 5.32 Å². The molecule has 1 heterocycles. The number of halogens is 1. The summed E-state index contributed by atoms with van der Waals surface area (Å²) in [6.45, 7) is 6.79. The number of hydrogen-bond acceptors (Lipinski definition) is 4. The van der Waals surface area contributed by atoms with Crippen LogP contribution in [0.3, 0.4) is 0 Å². The molecule has 0 aliphatic carbocycles. The minimum absolute atomic E-state index is 0.144. The van der Waals surface area contributed by atoms with Gasteiger partial charge in [0.05, 0.1) is 4.90 Å². The van der Waals surface area contributed by atoms with Gasteiger partial charge in [0.25, 0.3) is 0 Å². The normalized spacial score (nSPS) is 12.7. The summed E-state index contributed by atoms with van der Waals surface area (Å²) in [5.41, 5.74) is 0.947. The van der Waals surface area contributed by atoms with Crippen LogP contribution in [0.25, 0.3) is 0 Å². The number of benzene rings is 1. The number of rotatable bonds is 5. The lowest BCUT2D eigenvalue weighted by Crippen LogP contribution is -2.17. The van der Waals surface area contributed by atoms with E-state index in [1.165, 1.54) is 11.8 Å². The molecule has 1 aromatic carbocycles. The fourth-order valence-corrected chi connectivity index (χ4v) is 2.71. The Morgan fingerprint density at radius 3 is 2.70 bits per heavy atom. The molecule has 0 saturated heterocycles. The molecule has 0 radical (unpaired) electrons. The van der Waals surface area contributed by atoms with Crippen LogP contribution in [-0.4, -0.2) is 21.3 Å². The van der Waals surface area contributed by atoms with E-state index in [4.69, 9.17) is 0 Å². The van der Waals surface area contributed by atoms with E-state index >= 15 is 0 Å². The molecule has 1 atom stereocenters. The summed E-state index contributed by atoms with van der Waals surface area (Å²) in [5.74, 6) is 0.586. The lowest BCUT2D eigenvalue weighted by molar-refractivity contribution is 0.571. The van der Waals surface area contributed by atoms with Gasteiger partial charge in [-0.15, -0.1) is 10.2 Å². The second kappa shape index (κ2) is 6.37. The molecular weight excluding hydrogens is 275 g/mol. The molecule has 1 unspecified atom stereocenters. The Morgan fingerprint density at radius 1 is 1.40 bits per heavy atom. The lowest BCUT2D eigenvalue weighted by Gasteiger charge is -2.13. The fraction of sp³-hybridized carbons (Fsp3) is 0.429. The van der Waals surface area contributed by atoms with Gasteiger partial charge in [0.1, 0.15) is 11.6 Å². The van der Waals surface area contributed by atoms with E-state index in [2.05, 4.69) is 15.5 Å². The Bertz CT molecular complexity index is 597. The quantitative estimate of drug-likeness (QED) is 0.920. The van der Waals surface area contributed by atoms with Crippen LogP contribution >= 0.6 is 11.8 Å². The standard InChI is InChI=1S/C14H19FN4S/c1-5-16-9(2)11-6-7-13(12(15)8-11)20-14-18-17-10(3)19(14)4/h6-9,16H,5H2,1-4H3. The minimum atomic E-state index is -0.224. The largest absolute Gasteiger partial charge is 0.310 e. The van der Waals surface area contributed by atoms with Crippen LogP contribution in [-0.2, 0) is 7.05 Å². The van der Waals surface area contributed by atoms with E-state index in [9.17, 15) is 4.39 Å². The lowest BCUT2D eigenvalue weighted by atomic mass is 10.1. The highest BCUT2D eigenvalue weighted by Crippen LogP contribution is 2.30. The zero-order valence-electron chi connectivity index (χ0n) is 12.1. The first-order chi connectivity index (χ1) is 9.52. The number of hydrogen-bond donors (Lipinski definition) is 1. The molecule has 0 fully saturated rings. The van der Waals surface area contributed by atoms with Crippen molar-refractivity contribution in [3.63, 3.8) is 0 Å². The topological polar surface area (TPSA) is 42.7 Å². The Morgan fingerprint density at radius 2 is 2.15 bits per heavy atom. The van der Waals surface area contributed by atoms with Crippen LogP contribution in [0.5, 0.6) is 0 Å². The van der Waals surface area contributed by atoms with Crippen molar-refractivity contribution >= 4 is 11.8 Å². The molecule has 2 aromatic rings. The maximum atomic E-state index is 14.2. The zero-order valence-corrected chi connectivity index (χ0v) is 13.0. The molecule has 0 bridgehead atoms. The molecule has 6 heteroatoms. The second-order valence-electron chi connectivity index (χ2n) is 4.66. The molecule has 0 spiro atoms. The monoisotopic (exact) mass is 294 g/mol. The molecular formula is C14H19FN4S. The summed E-state index contributed by atoms with van der Waals surface area (Å²) in [5, 5.41) is 12.0. The molecule has 1 aromatic heterocycles. The van der Waals surface area contributed by atoms with Crippen molar-refractivity contribution in [3.05, 3.63) is 35.4 Å². The summed E-state index contributed by atoms with van der Waals surface area (Å²) >= 11 is 1.29. The van der Waals surface area contributed by atoms with Crippen LogP contribution in [0, 0.1) is 12.7 Å². The van der Waals surface area contributed by atoms with Gasteiger partial charge in [-0.2, -0.15) is 0 Å². The van der Waals surface area contributed by atoms with Gasteiger partial charge >= 0.3 is 0 Å². The third kappa shape index (κ3) is 3.19. The second-order valence-corrected chi connectivity index (χ2v) is 5.67. The first kappa shape index (κ1) is 15.0.